The van der Waals surface area contributed by atoms with Crippen molar-refractivity contribution in [1.29, 1.82) is 0 Å². The zero-order valence-electron chi connectivity index (χ0n) is 15.2. The van der Waals surface area contributed by atoms with E-state index in [2.05, 4.69) is 26.1 Å². The van der Waals surface area contributed by atoms with Gasteiger partial charge in [-0.1, -0.05) is 25.1 Å². The first-order valence-electron chi connectivity index (χ1n) is 8.98. The van der Waals surface area contributed by atoms with Crippen molar-refractivity contribution in [1.82, 2.24) is 9.97 Å². The van der Waals surface area contributed by atoms with Crippen LogP contribution in [-0.2, 0) is 17.8 Å². The summed E-state index contributed by atoms with van der Waals surface area (Å²) in [7, 11) is 0. The van der Waals surface area contributed by atoms with Crippen LogP contribution in [0.5, 0.6) is 0 Å². The molecule has 2 aromatic rings. The fourth-order valence-electron chi connectivity index (χ4n) is 2.91. The van der Waals surface area contributed by atoms with Crippen LogP contribution in [0.3, 0.4) is 0 Å². The van der Waals surface area contributed by atoms with Crippen LogP contribution in [0.25, 0.3) is 10.2 Å². The summed E-state index contributed by atoms with van der Waals surface area (Å²) in [5.74, 6) is 1.95. The van der Waals surface area contributed by atoms with Gasteiger partial charge < -0.3 is 15.2 Å². The number of thioether (sulfide) groups is 1. The zero-order chi connectivity index (χ0) is 17.9. The smallest absolute Gasteiger partial charge is 0.190 e. The van der Waals surface area contributed by atoms with Crippen molar-refractivity contribution >= 4 is 39.1 Å². The normalized spacial score (nSPS) is 16.2. The van der Waals surface area contributed by atoms with E-state index in [1.165, 1.54) is 23.3 Å². The van der Waals surface area contributed by atoms with Crippen molar-refractivity contribution < 1.29 is 9.84 Å². The summed E-state index contributed by atoms with van der Waals surface area (Å²) in [6.45, 7) is 8.01. The van der Waals surface area contributed by atoms with E-state index in [9.17, 15) is 0 Å². The van der Waals surface area contributed by atoms with E-state index < -0.39 is 0 Å². The van der Waals surface area contributed by atoms with Gasteiger partial charge >= 0.3 is 0 Å². The maximum Gasteiger partial charge on any atom is 0.190 e. The van der Waals surface area contributed by atoms with Crippen LogP contribution in [0, 0.1) is 0 Å². The van der Waals surface area contributed by atoms with Crippen LogP contribution in [0.2, 0.25) is 0 Å². The number of rotatable bonds is 8. The first-order valence-corrected chi connectivity index (χ1v) is 10.8. The molecule has 3 heterocycles. The predicted octanol–water partition coefficient (Wildman–Crippen LogP) is 4.23. The summed E-state index contributed by atoms with van der Waals surface area (Å²) in [6.07, 6.45) is 3.94. The Morgan fingerprint density at radius 1 is 1.32 bits per heavy atom. The lowest BCUT2D eigenvalue weighted by Crippen LogP contribution is -2.31. The molecule has 0 bridgehead atoms. The van der Waals surface area contributed by atoms with Gasteiger partial charge in [0.2, 0.25) is 0 Å². The second-order valence-electron chi connectivity index (χ2n) is 6.97. The number of hydrogen-bond donors (Lipinski definition) is 2. The number of fused-ring (bicyclic) bond motifs is 3. The number of hydrogen-bond acceptors (Lipinski definition) is 7. The summed E-state index contributed by atoms with van der Waals surface area (Å²) >= 11 is 3.45. The second kappa shape index (κ2) is 8.20. The summed E-state index contributed by atoms with van der Waals surface area (Å²) in [5.41, 5.74) is 1.17. The number of aromatic nitrogens is 2. The van der Waals surface area contributed by atoms with Crippen molar-refractivity contribution in [3.05, 3.63) is 10.4 Å². The quantitative estimate of drug-likeness (QED) is 0.405. The van der Waals surface area contributed by atoms with Gasteiger partial charge in [-0.2, -0.15) is 0 Å². The van der Waals surface area contributed by atoms with Crippen molar-refractivity contribution in [2.45, 2.75) is 63.8 Å². The number of aliphatic hydroxyl groups excluding tert-OH is 1. The van der Waals surface area contributed by atoms with Crippen LogP contribution >= 0.6 is 23.1 Å². The van der Waals surface area contributed by atoms with Crippen LogP contribution in [0.4, 0.5) is 5.82 Å². The average molecular weight is 382 g/mol. The molecule has 0 aliphatic carbocycles. The molecule has 138 valence electrons. The van der Waals surface area contributed by atoms with E-state index in [-0.39, 0.29) is 12.2 Å². The first kappa shape index (κ1) is 18.9. The van der Waals surface area contributed by atoms with Crippen LogP contribution in [0.15, 0.2) is 5.16 Å². The molecular weight excluding hydrogens is 354 g/mol. The summed E-state index contributed by atoms with van der Waals surface area (Å²) in [4.78, 5) is 11.9. The molecule has 0 radical (unpaired) electrons. The van der Waals surface area contributed by atoms with E-state index in [0.717, 1.165) is 33.4 Å². The van der Waals surface area contributed by atoms with Gasteiger partial charge in [-0.25, -0.2) is 9.97 Å². The average Bonchev–Trinajstić information content (AvgIpc) is 2.92. The lowest BCUT2D eigenvalue weighted by molar-refractivity contribution is -0.0379. The molecule has 0 amide bonds. The van der Waals surface area contributed by atoms with E-state index in [1.807, 2.05) is 0 Å². The molecule has 2 N–H and O–H groups in total. The minimum absolute atomic E-state index is 0.155. The van der Waals surface area contributed by atoms with Gasteiger partial charge in [0.1, 0.15) is 10.6 Å². The van der Waals surface area contributed by atoms with E-state index in [4.69, 9.17) is 19.8 Å². The van der Waals surface area contributed by atoms with Crippen LogP contribution < -0.4 is 5.32 Å². The van der Waals surface area contributed by atoms with Gasteiger partial charge in [0.15, 0.2) is 5.16 Å². The molecule has 0 aromatic carbocycles. The van der Waals surface area contributed by atoms with Crippen molar-refractivity contribution in [3.8, 4) is 0 Å². The molecule has 5 nitrogen and oxygen atoms in total. The molecule has 2 aromatic heterocycles. The number of unbranched alkanes of at least 4 members (excludes halogenated alkanes) is 1. The first-order chi connectivity index (χ1) is 12.0. The predicted molar refractivity (Wildman–Crippen MR) is 106 cm³/mol. The summed E-state index contributed by atoms with van der Waals surface area (Å²) in [6, 6.07) is 0. The van der Waals surface area contributed by atoms with E-state index in [1.54, 1.807) is 23.1 Å². The maximum atomic E-state index is 9.08. The minimum Gasteiger partial charge on any atom is -0.396 e. The Labute approximate surface area is 157 Å². The molecule has 0 saturated carbocycles. The van der Waals surface area contributed by atoms with Crippen LogP contribution in [-0.4, -0.2) is 39.6 Å². The van der Waals surface area contributed by atoms with Gasteiger partial charge in [-0.3, -0.25) is 0 Å². The lowest BCUT2D eigenvalue weighted by atomic mass is 9.94. The molecule has 25 heavy (non-hydrogen) atoms. The third-order valence-electron chi connectivity index (χ3n) is 4.27. The zero-order valence-corrected chi connectivity index (χ0v) is 16.9. The topological polar surface area (TPSA) is 67.3 Å². The van der Waals surface area contributed by atoms with Crippen molar-refractivity contribution in [2.24, 2.45) is 0 Å². The van der Waals surface area contributed by atoms with Crippen molar-refractivity contribution in [2.75, 3.05) is 24.2 Å². The Balaban J connectivity index is 1.98. The number of ether oxygens (including phenoxy) is 1. The third kappa shape index (κ3) is 4.45. The molecular formula is C18H27N3O2S2. The minimum atomic E-state index is -0.155. The fraction of sp³-hybridized carbons (Fsp3) is 0.667. The fourth-order valence-corrected chi connectivity index (χ4v) is 5.00. The standard InChI is InChI=1S/C18H27N3O2S2/c1-4-5-9-24-17-20-15(19-7-6-8-22)14-12-10-18(2,3)23-11-13(12)25-16(14)21-17/h22H,4-11H2,1-3H3,(H,19,20,21). The lowest BCUT2D eigenvalue weighted by Gasteiger charge is -2.30. The summed E-state index contributed by atoms with van der Waals surface area (Å²) < 4.78 is 5.97. The molecule has 0 atom stereocenters. The number of thiophene rings is 1. The molecule has 0 spiro atoms. The number of aliphatic hydroxyl groups is 1. The molecule has 7 heteroatoms. The Morgan fingerprint density at radius 3 is 2.92 bits per heavy atom. The second-order valence-corrected chi connectivity index (χ2v) is 9.12. The van der Waals surface area contributed by atoms with E-state index in [0.29, 0.717) is 19.6 Å². The molecule has 1 aliphatic rings. The Hall–Kier alpha value is -0.890. The Bertz CT molecular complexity index is 731. The SMILES string of the molecule is CCCCSc1nc(NCCCO)c2c3c(sc2n1)COC(C)(C)C3. The Morgan fingerprint density at radius 2 is 2.16 bits per heavy atom. The number of nitrogens with one attached hydrogen (secondary N) is 1. The third-order valence-corrected chi connectivity index (χ3v) is 6.30. The number of nitrogens with zero attached hydrogens (tertiary/aromatic N) is 2. The molecule has 3 rings (SSSR count). The van der Waals surface area contributed by atoms with E-state index >= 15 is 0 Å². The highest BCUT2D eigenvalue weighted by Crippen LogP contribution is 2.41. The maximum absolute atomic E-state index is 9.08. The van der Waals surface area contributed by atoms with Gasteiger partial charge in [0.05, 0.1) is 17.6 Å². The van der Waals surface area contributed by atoms with Gasteiger partial charge in [-0.15, -0.1) is 11.3 Å². The van der Waals surface area contributed by atoms with Gasteiger partial charge in [0.25, 0.3) is 0 Å². The molecule has 0 fully saturated rings. The van der Waals surface area contributed by atoms with Gasteiger partial charge in [0, 0.05) is 30.2 Å². The summed E-state index contributed by atoms with van der Waals surface area (Å²) in [5, 5.41) is 14.5. The Kier molecular flexibility index (Phi) is 6.20. The highest BCUT2D eigenvalue weighted by atomic mass is 32.2. The monoisotopic (exact) mass is 381 g/mol. The number of anilines is 1. The highest BCUT2D eigenvalue weighted by molar-refractivity contribution is 7.99. The largest absolute Gasteiger partial charge is 0.396 e. The molecule has 0 unspecified atom stereocenters. The molecule has 0 saturated heterocycles. The highest BCUT2D eigenvalue weighted by Gasteiger charge is 2.31. The van der Waals surface area contributed by atoms with Gasteiger partial charge in [-0.05, 0) is 32.3 Å². The van der Waals surface area contributed by atoms with Crippen molar-refractivity contribution in [3.63, 3.8) is 0 Å². The van der Waals surface area contributed by atoms with Crippen LogP contribution in [0.1, 0.15) is 50.5 Å². The molecule has 1 aliphatic heterocycles.